The Hall–Kier alpha value is -5.23. The van der Waals surface area contributed by atoms with Crippen molar-refractivity contribution in [3.8, 4) is 0 Å². The highest BCUT2D eigenvalue weighted by Gasteiger charge is 2.19. The van der Waals surface area contributed by atoms with Gasteiger partial charge >= 0.3 is 17.9 Å². The summed E-state index contributed by atoms with van der Waals surface area (Å²) in [6.07, 6.45) is 94.0. The highest BCUT2D eigenvalue weighted by Crippen LogP contribution is 2.13. The maximum Gasteiger partial charge on any atom is 0.306 e. The topological polar surface area (TPSA) is 78.9 Å². The molecule has 1 atom stereocenters. The van der Waals surface area contributed by atoms with E-state index >= 15 is 0 Å². The van der Waals surface area contributed by atoms with Gasteiger partial charge in [-0.15, -0.1) is 0 Å². The molecular weight excluding hydrogens is 949 g/mol. The van der Waals surface area contributed by atoms with Gasteiger partial charge in [-0.3, -0.25) is 14.4 Å². The molecule has 0 aliphatic carbocycles. The van der Waals surface area contributed by atoms with Crippen molar-refractivity contribution in [1.82, 2.24) is 0 Å². The predicted octanol–water partition coefficient (Wildman–Crippen LogP) is 21.1. The minimum atomic E-state index is -0.805. The molecule has 6 heteroatoms. The van der Waals surface area contributed by atoms with E-state index in [0.29, 0.717) is 12.8 Å². The van der Waals surface area contributed by atoms with E-state index < -0.39 is 6.10 Å². The second kappa shape index (κ2) is 63.3. The SMILES string of the molecule is CC/C=C\C/C=C\C/C=C\C/C=C\C/C=C\C/C=C\C/C=C\C/C=C\C/C=C\CCCCCCCCCC(=O)OCC(COC(=O)CCCCCCC)OC(=O)CCCCC/C=C\C/C=C\C/C=C\C/C=C\C/C=C\CC. The molecule has 0 aliphatic rings. The summed E-state index contributed by atoms with van der Waals surface area (Å²) in [5.41, 5.74) is 0. The van der Waals surface area contributed by atoms with Crippen LogP contribution in [0.1, 0.15) is 239 Å². The lowest BCUT2D eigenvalue weighted by atomic mass is 10.1. The van der Waals surface area contributed by atoms with Gasteiger partial charge in [-0.1, -0.05) is 255 Å². The summed E-state index contributed by atoms with van der Waals surface area (Å²) < 4.78 is 16.7. The largest absolute Gasteiger partial charge is 0.462 e. The molecule has 0 aromatic heterocycles. The number of hydrogen-bond donors (Lipinski definition) is 0. The Bertz CT molecular complexity index is 1790. The first kappa shape index (κ1) is 71.8. The van der Waals surface area contributed by atoms with Crippen LogP contribution >= 0.6 is 0 Å². The van der Waals surface area contributed by atoms with Crippen LogP contribution in [0.2, 0.25) is 0 Å². The van der Waals surface area contributed by atoms with Gasteiger partial charge in [0.05, 0.1) is 0 Å². The molecule has 0 aromatic rings. The molecular formula is C71H110O6. The standard InChI is InChI=1S/C71H110O6/c1-4-7-10-13-15-17-19-21-23-25-27-28-29-30-31-32-33-34-35-36-37-38-39-40-41-42-44-45-47-49-51-53-55-58-61-64-70(73)76-67-68(66-75-69(72)63-60-57-12-9-6-3)77-71(74)65-62-59-56-54-52-50-48-46-43-26-24-22-20-18-16-14-11-8-5-2/h7-8,10-11,15-18,21-24,27-28,30-31,33-34,36-37,39-40,42-44,46,50,52,68H,4-6,9,12-14,19-20,25-26,29,32,35,38,41,45,47-49,51,53-67H2,1-3H3/b10-7-,11-8-,17-15-,18-16-,23-21-,24-22-,28-27-,31-30-,34-33-,37-36-,40-39-,44-42-,46-43-,52-50-. The molecule has 0 radical (unpaired) electrons. The summed E-state index contributed by atoms with van der Waals surface area (Å²) in [7, 11) is 0. The van der Waals surface area contributed by atoms with E-state index in [1.807, 2.05) is 0 Å². The maximum atomic E-state index is 12.8. The third-order valence-corrected chi connectivity index (χ3v) is 12.2. The van der Waals surface area contributed by atoms with E-state index in [4.69, 9.17) is 14.2 Å². The van der Waals surface area contributed by atoms with Crippen molar-refractivity contribution in [1.29, 1.82) is 0 Å². The molecule has 6 nitrogen and oxygen atoms in total. The van der Waals surface area contributed by atoms with Gasteiger partial charge in [0.25, 0.3) is 0 Å². The van der Waals surface area contributed by atoms with Crippen LogP contribution in [0.3, 0.4) is 0 Å². The van der Waals surface area contributed by atoms with Gasteiger partial charge in [0.2, 0.25) is 0 Å². The lowest BCUT2D eigenvalue weighted by molar-refractivity contribution is -0.167. The van der Waals surface area contributed by atoms with E-state index in [0.717, 1.165) is 173 Å². The molecule has 77 heavy (non-hydrogen) atoms. The number of carbonyl (C=O) groups excluding carboxylic acids is 3. The third kappa shape index (κ3) is 61.5. The normalized spacial score (nSPS) is 13.3. The van der Waals surface area contributed by atoms with Crippen LogP contribution in [-0.2, 0) is 28.6 Å². The molecule has 0 saturated heterocycles. The summed E-state index contributed by atoms with van der Waals surface area (Å²) in [6.45, 7) is 6.27. The fourth-order valence-electron chi connectivity index (χ4n) is 7.69. The molecule has 0 fully saturated rings. The van der Waals surface area contributed by atoms with Crippen molar-refractivity contribution in [2.75, 3.05) is 13.2 Å². The van der Waals surface area contributed by atoms with E-state index in [9.17, 15) is 14.4 Å². The first-order valence-corrected chi connectivity index (χ1v) is 30.6. The van der Waals surface area contributed by atoms with E-state index in [1.165, 1.54) is 25.7 Å². The Morgan fingerprint density at radius 3 is 0.805 bits per heavy atom. The Balaban J connectivity index is 4.15. The van der Waals surface area contributed by atoms with Crippen LogP contribution in [0.15, 0.2) is 170 Å². The number of allylic oxidation sites excluding steroid dienone is 28. The van der Waals surface area contributed by atoms with Crippen molar-refractivity contribution in [2.24, 2.45) is 0 Å². The molecule has 0 bridgehead atoms. The fraction of sp³-hybridized carbons (Fsp3) is 0.563. The summed E-state index contributed by atoms with van der Waals surface area (Å²) in [5, 5.41) is 0. The number of unbranched alkanes of at least 4 members (excludes halogenated alkanes) is 14. The molecule has 0 heterocycles. The van der Waals surface area contributed by atoms with Gasteiger partial charge in [-0.2, -0.15) is 0 Å². The van der Waals surface area contributed by atoms with E-state index in [2.05, 4.69) is 191 Å². The van der Waals surface area contributed by atoms with Crippen LogP contribution in [0, 0.1) is 0 Å². The second-order valence-corrected chi connectivity index (χ2v) is 19.5. The van der Waals surface area contributed by atoms with Crippen LogP contribution in [-0.4, -0.2) is 37.2 Å². The highest BCUT2D eigenvalue weighted by molar-refractivity contribution is 5.71. The average Bonchev–Trinajstić information content (AvgIpc) is 3.43. The highest BCUT2D eigenvalue weighted by atomic mass is 16.6. The van der Waals surface area contributed by atoms with Crippen LogP contribution in [0.5, 0.6) is 0 Å². The lowest BCUT2D eigenvalue weighted by Crippen LogP contribution is -2.30. The summed E-state index contributed by atoms with van der Waals surface area (Å²) >= 11 is 0. The summed E-state index contributed by atoms with van der Waals surface area (Å²) in [4.78, 5) is 37.8. The van der Waals surface area contributed by atoms with Gasteiger partial charge in [-0.25, -0.2) is 0 Å². The van der Waals surface area contributed by atoms with Gasteiger partial charge in [-0.05, 0) is 135 Å². The Kier molecular flexibility index (Phi) is 59.0. The van der Waals surface area contributed by atoms with E-state index in [1.54, 1.807) is 0 Å². The number of esters is 3. The zero-order chi connectivity index (χ0) is 55.7. The number of ether oxygens (including phenoxy) is 3. The molecule has 0 amide bonds. The second-order valence-electron chi connectivity index (χ2n) is 19.5. The first-order chi connectivity index (χ1) is 38.0. The van der Waals surface area contributed by atoms with Crippen molar-refractivity contribution < 1.29 is 28.6 Å². The molecule has 1 unspecified atom stereocenters. The number of carbonyl (C=O) groups is 3. The molecule has 0 saturated carbocycles. The zero-order valence-electron chi connectivity index (χ0n) is 49.1. The quantitative estimate of drug-likeness (QED) is 0.0261. The smallest absolute Gasteiger partial charge is 0.306 e. The minimum Gasteiger partial charge on any atom is -0.462 e. The predicted molar refractivity (Wildman–Crippen MR) is 334 cm³/mol. The van der Waals surface area contributed by atoms with Crippen molar-refractivity contribution in [3.63, 3.8) is 0 Å². The molecule has 0 spiro atoms. The molecule has 0 aromatic carbocycles. The first-order valence-electron chi connectivity index (χ1n) is 30.6. The van der Waals surface area contributed by atoms with Gasteiger partial charge in [0.15, 0.2) is 6.10 Å². The summed E-state index contributed by atoms with van der Waals surface area (Å²) in [5.74, 6) is -0.970. The van der Waals surface area contributed by atoms with Gasteiger partial charge in [0, 0.05) is 19.3 Å². The maximum absolute atomic E-state index is 12.8. The molecule has 0 aliphatic heterocycles. The van der Waals surface area contributed by atoms with Crippen LogP contribution < -0.4 is 0 Å². The van der Waals surface area contributed by atoms with Crippen LogP contribution in [0.25, 0.3) is 0 Å². The van der Waals surface area contributed by atoms with Gasteiger partial charge < -0.3 is 14.2 Å². The van der Waals surface area contributed by atoms with Crippen LogP contribution in [0.4, 0.5) is 0 Å². The molecule has 0 rings (SSSR count). The van der Waals surface area contributed by atoms with Crippen molar-refractivity contribution in [3.05, 3.63) is 170 Å². The van der Waals surface area contributed by atoms with Gasteiger partial charge in [0.1, 0.15) is 13.2 Å². The fourth-order valence-corrected chi connectivity index (χ4v) is 7.69. The Morgan fingerprint density at radius 1 is 0.273 bits per heavy atom. The third-order valence-electron chi connectivity index (χ3n) is 12.2. The van der Waals surface area contributed by atoms with Crippen molar-refractivity contribution >= 4 is 17.9 Å². The number of rotatable bonds is 53. The summed E-state index contributed by atoms with van der Waals surface area (Å²) in [6, 6.07) is 0. The Labute approximate surface area is 472 Å². The number of hydrogen-bond acceptors (Lipinski definition) is 6. The zero-order valence-corrected chi connectivity index (χ0v) is 49.1. The molecule has 430 valence electrons. The lowest BCUT2D eigenvalue weighted by Gasteiger charge is -2.18. The monoisotopic (exact) mass is 1060 g/mol. The molecule has 0 N–H and O–H groups in total. The average molecular weight is 1060 g/mol. The minimum absolute atomic E-state index is 0.102. The Morgan fingerprint density at radius 2 is 0.506 bits per heavy atom. The van der Waals surface area contributed by atoms with E-state index in [-0.39, 0.29) is 37.5 Å². The van der Waals surface area contributed by atoms with Crippen molar-refractivity contribution in [2.45, 2.75) is 245 Å².